The number of halogens is 1. The highest BCUT2D eigenvalue weighted by Crippen LogP contribution is 2.25. The van der Waals surface area contributed by atoms with Gasteiger partial charge in [0.05, 0.1) is 12.1 Å². The summed E-state index contributed by atoms with van der Waals surface area (Å²) in [7, 11) is 0. The SMILES string of the molecule is NC(=O)CN1CCC(NC(=O)CCc2ccc(-c3ccccc3F)o2)CC1. The van der Waals surface area contributed by atoms with Crippen LogP contribution in [0, 0.1) is 5.82 Å². The fourth-order valence-corrected chi connectivity index (χ4v) is 3.31. The Labute approximate surface area is 157 Å². The molecule has 1 fully saturated rings. The van der Waals surface area contributed by atoms with Gasteiger partial charge in [-0.1, -0.05) is 12.1 Å². The molecule has 27 heavy (non-hydrogen) atoms. The smallest absolute Gasteiger partial charge is 0.231 e. The Morgan fingerprint density at radius 3 is 2.63 bits per heavy atom. The van der Waals surface area contributed by atoms with Gasteiger partial charge in [-0.05, 0) is 37.1 Å². The van der Waals surface area contributed by atoms with Crippen molar-refractivity contribution >= 4 is 11.8 Å². The summed E-state index contributed by atoms with van der Waals surface area (Å²) in [5.41, 5.74) is 5.61. The minimum absolute atomic E-state index is 0.0350. The first kappa shape index (κ1) is 19.1. The maximum absolute atomic E-state index is 13.8. The van der Waals surface area contributed by atoms with E-state index < -0.39 is 0 Å². The predicted octanol–water partition coefficient (Wildman–Crippen LogP) is 2.08. The van der Waals surface area contributed by atoms with Gasteiger partial charge in [0.25, 0.3) is 0 Å². The Balaban J connectivity index is 1.44. The Kier molecular flexibility index (Phi) is 6.24. The normalized spacial score (nSPS) is 15.6. The number of piperidine rings is 1. The van der Waals surface area contributed by atoms with E-state index in [-0.39, 0.29) is 30.2 Å². The molecule has 2 aromatic rings. The van der Waals surface area contributed by atoms with Crippen molar-refractivity contribution in [1.82, 2.24) is 10.2 Å². The molecule has 1 aromatic carbocycles. The number of hydrogen-bond donors (Lipinski definition) is 2. The van der Waals surface area contributed by atoms with Crippen LogP contribution >= 0.6 is 0 Å². The molecule has 2 heterocycles. The molecule has 0 bridgehead atoms. The molecular weight excluding hydrogens is 349 g/mol. The van der Waals surface area contributed by atoms with E-state index in [0.29, 0.717) is 29.9 Å². The standard InChI is InChI=1S/C20H24FN3O3/c21-17-4-2-1-3-16(17)18-7-5-15(27-18)6-8-20(26)23-14-9-11-24(12-10-14)13-19(22)25/h1-5,7,14H,6,8-13H2,(H2,22,25)(H,23,26). The highest BCUT2D eigenvalue weighted by Gasteiger charge is 2.21. The van der Waals surface area contributed by atoms with E-state index in [2.05, 4.69) is 5.32 Å². The molecule has 3 N–H and O–H groups in total. The summed E-state index contributed by atoms with van der Waals surface area (Å²) in [6, 6.07) is 10.0. The number of furan rings is 1. The van der Waals surface area contributed by atoms with E-state index in [9.17, 15) is 14.0 Å². The molecule has 1 aromatic heterocycles. The van der Waals surface area contributed by atoms with Crippen molar-refractivity contribution in [2.75, 3.05) is 19.6 Å². The van der Waals surface area contributed by atoms with Gasteiger partial charge in [0, 0.05) is 32.0 Å². The van der Waals surface area contributed by atoms with E-state index in [0.717, 1.165) is 25.9 Å². The third-order valence-corrected chi connectivity index (χ3v) is 4.73. The summed E-state index contributed by atoms with van der Waals surface area (Å²) in [6.45, 7) is 1.76. The van der Waals surface area contributed by atoms with Crippen LogP contribution in [0.4, 0.5) is 4.39 Å². The first-order valence-electron chi connectivity index (χ1n) is 9.15. The molecule has 0 atom stereocenters. The maximum Gasteiger partial charge on any atom is 0.231 e. The van der Waals surface area contributed by atoms with Crippen LogP contribution in [0.15, 0.2) is 40.8 Å². The van der Waals surface area contributed by atoms with E-state index in [1.807, 2.05) is 4.90 Å². The van der Waals surface area contributed by atoms with Crippen molar-refractivity contribution in [2.45, 2.75) is 31.7 Å². The highest BCUT2D eigenvalue weighted by molar-refractivity contribution is 5.76. The average molecular weight is 373 g/mol. The molecule has 0 spiro atoms. The van der Waals surface area contributed by atoms with E-state index in [4.69, 9.17) is 10.2 Å². The zero-order valence-corrected chi connectivity index (χ0v) is 15.1. The van der Waals surface area contributed by atoms with Crippen LogP contribution in [0.25, 0.3) is 11.3 Å². The molecule has 0 radical (unpaired) electrons. The van der Waals surface area contributed by atoms with Gasteiger partial charge in [-0.2, -0.15) is 0 Å². The molecule has 0 aliphatic carbocycles. The second kappa shape index (κ2) is 8.81. The lowest BCUT2D eigenvalue weighted by Gasteiger charge is -2.31. The van der Waals surface area contributed by atoms with Crippen LogP contribution in [-0.4, -0.2) is 42.4 Å². The number of aryl methyl sites for hydroxylation is 1. The number of carbonyl (C=O) groups is 2. The van der Waals surface area contributed by atoms with Crippen LogP contribution in [-0.2, 0) is 16.0 Å². The number of nitrogens with zero attached hydrogens (tertiary/aromatic N) is 1. The van der Waals surface area contributed by atoms with Gasteiger partial charge < -0.3 is 15.5 Å². The van der Waals surface area contributed by atoms with Crippen molar-refractivity contribution in [3.8, 4) is 11.3 Å². The van der Waals surface area contributed by atoms with Crippen molar-refractivity contribution in [3.05, 3.63) is 48.0 Å². The van der Waals surface area contributed by atoms with Crippen molar-refractivity contribution < 1.29 is 18.4 Å². The van der Waals surface area contributed by atoms with Crippen molar-refractivity contribution in [1.29, 1.82) is 0 Å². The lowest BCUT2D eigenvalue weighted by molar-refractivity contribution is -0.123. The highest BCUT2D eigenvalue weighted by atomic mass is 19.1. The third-order valence-electron chi connectivity index (χ3n) is 4.73. The van der Waals surface area contributed by atoms with Crippen molar-refractivity contribution in [2.24, 2.45) is 5.73 Å². The quantitative estimate of drug-likeness (QED) is 0.778. The number of carbonyl (C=O) groups excluding carboxylic acids is 2. The summed E-state index contributed by atoms with van der Waals surface area (Å²) in [5.74, 6) is 0.418. The van der Waals surface area contributed by atoms with Crippen molar-refractivity contribution in [3.63, 3.8) is 0 Å². The second-order valence-electron chi connectivity index (χ2n) is 6.83. The Morgan fingerprint density at radius 1 is 1.19 bits per heavy atom. The molecule has 7 heteroatoms. The molecule has 1 aliphatic rings. The topological polar surface area (TPSA) is 88.6 Å². The summed E-state index contributed by atoms with van der Waals surface area (Å²) >= 11 is 0. The van der Waals surface area contributed by atoms with Crippen LogP contribution in [0.1, 0.15) is 25.0 Å². The average Bonchev–Trinajstić information content (AvgIpc) is 3.10. The number of likely N-dealkylation sites (tertiary alicyclic amines) is 1. The lowest BCUT2D eigenvalue weighted by Crippen LogP contribution is -2.46. The van der Waals surface area contributed by atoms with E-state index >= 15 is 0 Å². The largest absolute Gasteiger partial charge is 0.461 e. The molecule has 2 amide bonds. The number of rotatable bonds is 7. The van der Waals surface area contributed by atoms with Crippen LogP contribution in [0.2, 0.25) is 0 Å². The van der Waals surface area contributed by atoms with Gasteiger partial charge >= 0.3 is 0 Å². The first-order chi connectivity index (χ1) is 13.0. The van der Waals surface area contributed by atoms with E-state index in [1.54, 1.807) is 30.3 Å². The monoisotopic (exact) mass is 373 g/mol. The number of primary amides is 1. The van der Waals surface area contributed by atoms with Gasteiger partial charge in [0.15, 0.2) is 0 Å². The predicted molar refractivity (Wildman–Crippen MR) is 99.2 cm³/mol. The minimum atomic E-state index is -0.334. The van der Waals surface area contributed by atoms with Crippen LogP contribution < -0.4 is 11.1 Å². The second-order valence-corrected chi connectivity index (χ2v) is 6.83. The lowest BCUT2D eigenvalue weighted by atomic mass is 10.0. The fourth-order valence-electron chi connectivity index (χ4n) is 3.31. The summed E-state index contributed by atoms with van der Waals surface area (Å²) in [6.07, 6.45) is 2.38. The van der Waals surface area contributed by atoms with Gasteiger partial charge in [0.1, 0.15) is 17.3 Å². The molecule has 1 aliphatic heterocycles. The molecule has 0 saturated carbocycles. The molecule has 1 saturated heterocycles. The molecule has 6 nitrogen and oxygen atoms in total. The minimum Gasteiger partial charge on any atom is -0.461 e. The first-order valence-corrected chi connectivity index (χ1v) is 9.15. The zero-order chi connectivity index (χ0) is 19.2. The third kappa shape index (κ3) is 5.40. The summed E-state index contributed by atoms with van der Waals surface area (Å²) in [5, 5.41) is 3.03. The Morgan fingerprint density at radius 2 is 1.93 bits per heavy atom. The number of nitrogens with one attached hydrogen (secondary N) is 1. The Bertz CT molecular complexity index is 797. The van der Waals surface area contributed by atoms with Gasteiger partial charge in [-0.15, -0.1) is 0 Å². The summed E-state index contributed by atoms with van der Waals surface area (Å²) < 4.78 is 19.5. The molecular formula is C20H24FN3O3. The van der Waals surface area contributed by atoms with E-state index in [1.165, 1.54) is 6.07 Å². The molecule has 3 rings (SSSR count). The van der Waals surface area contributed by atoms with Crippen LogP contribution in [0.3, 0.4) is 0 Å². The Hall–Kier alpha value is -2.67. The molecule has 0 unspecified atom stereocenters. The summed E-state index contributed by atoms with van der Waals surface area (Å²) in [4.78, 5) is 25.1. The number of amides is 2. The maximum atomic E-state index is 13.8. The van der Waals surface area contributed by atoms with Gasteiger partial charge in [-0.3, -0.25) is 14.5 Å². The van der Waals surface area contributed by atoms with Gasteiger partial charge in [0.2, 0.25) is 11.8 Å². The zero-order valence-electron chi connectivity index (χ0n) is 15.1. The van der Waals surface area contributed by atoms with Crippen LogP contribution in [0.5, 0.6) is 0 Å². The number of hydrogen-bond acceptors (Lipinski definition) is 4. The molecule has 144 valence electrons. The number of nitrogens with two attached hydrogens (primary N) is 1. The fraction of sp³-hybridized carbons (Fsp3) is 0.400. The number of benzene rings is 1. The van der Waals surface area contributed by atoms with Gasteiger partial charge in [-0.25, -0.2) is 4.39 Å².